The molecule has 1 fully saturated rings. The minimum absolute atomic E-state index is 0.162. The number of nitrogens with one attached hydrogen (secondary N) is 1. The number of aromatic nitrogens is 2. The van der Waals surface area contributed by atoms with Gasteiger partial charge in [-0.3, -0.25) is 14.3 Å². The van der Waals surface area contributed by atoms with Crippen LogP contribution in [-0.2, 0) is 17.7 Å². The van der Waals surface area contributed by atoms with Crippen LogP contribution in [0.15, 0.2) is 9.59 Å². The second-order valence-electron chi connectivity index (χ2n) is 5.21. The lowest BCUT2D eigenvalue weighted by atomic mass is 10.2. The first-order valence-electron chi connectivity index (χ1n) is 7.26. The number of aromatic amines is 1. The average Bonchev–Trinajstić information content (AvgIpc) is 2.91. The van der Waals surface area contributed by atoms with Crippen molar-refractivity contribution in [3.05, 3.63) is 31.6 Å². The third-order valence-electron chi connectivity index (χ3n) is 3.70. The maximum atomic E-state index is 12.2. The molecule has 2 rings (SSSR count). The van der Waals surface area contributed by atoms with Crippen LogP contribution in [0, 0.1) is 0 Å². The zero-order chi connectivity index (χ0) is 14.5. The molecule has 0 spiro atoms. The van der Waals surface area contributed by atoms with Crippen molar-refractivity contribution in [3.8, 4) is 0 Å². The third-order valence-corrected chi connectivity index (χ3v) is 4.02. The van der Waals surface area contributed by atoms with Gasteiger partial charge in [-0.25, -0.2) is 4.79 Å². The van der Waals surface area contributed by atoms with Gasteiger partial charge in [0.05, 0.1) is 24.8 Å². The Morgan fingerprint density at radius 2 is 2.05 bits per heavy atom. The van der Waals surface area contributed by atoms with Crippen LogP contribution in [-0.4, -0.2) is 22.3 Å². The largest absolute Gasteiger partial charge is 0.376 e. The Balaban J connectivity index is 2.08. The fraction of sp³-hybridized carbons (Fsp3) is 0.714. The van der Waals surface area contributed by atoms with E-state index in [1.54, 1.807) is 0 Å². The molecule has 1 saturated carbocycles. The number of ether oxygens (including phenoxy) is 1. The molecule has 1 aliphatic rings. The highest BCUT2D eigenvalue weighted by Gasteiger charge is 2.16. The summed E-state index contributed by atoms with van der Waals surface area (Å²) in [7, 11) is 0. The van der Waals surface area contributed by atoms with Crippen molar-refractivity contribution in [2.45, 2.75) is 58.1 Å². The lowest BCUT2D eigenvalue weighted by Crippen LogP contribution is -2.38. The molecule has 0 saturated heterocycles. The maximum absolute atomic E-state index is 12.2. The molecule has 1 N–H and O–H groups in total. The molecule has 0 unspecified atom stereocenters. The molecule has 20 heavy (non-hydrogen) atoms. The number of hydrogen-bond acceptors (Lipinski definition) is 3. The Morgan fingerprint density at radius 1 is 1.35 bits per heavy atom. The number of halogens is 1. The van der Waals surface area contributed by atoms with E-state index in [9.17, 15) is 9.59 Å². The van der Waals surface area contributed by atoms with E-state index in [1.165, 1.54) is 17.4 Å². The topological polar surface area (TPSA) is 64.1 Å². The van der Waals surface area contributed by atoms with Crippen molar-refractivity contribution in [1.29, 1.82) is 0 Å². The third kappa shape index (κ3) is 3.52. The molecule has 0 bridgehead atoms. The molecule has 0 aliphatic heterocycles. The summed E-state index contributed by atoms with van der Waals surface area (Å²) in [4.78, 5) is 26.6. The van der Waals surface area contributed by atoms with Crippen LogP contribution in [0.1, 0.15) is 44.6 Å². The van der Waals surface area contributed by atoms with Crippen LogP contribution < -0.4 is 11.2 Å². The first kappa shape index (κ1) is 15.3. The van der Waals surface area contributed by atoms with Gasteiger partial charge < -0.3 is 4.74 Å². The minimum Gasteiger partial charge on any atom is -0.376 e. The van der Waals surface area contributed by atoms with E-state index in [0.29, 0.717) is 18.6 Å². The van der Waals surface area contributed by atoms with E-state index < -0.39 is 5.69 Å². The smallest absolute Gasteiger partial charge is 0.329 e. The van der Waals surface area contributed by atoms with Gasteiger partial charge in [-0.05, 0) is 19.3 Å². The molecule has 0 atom stereocenters. The van der Waals surface area contributed by atoms with Crippen LogP contribution >= 0.6 is 11.6 Å². The fourth-order valence-corrected chi connectivity index (χ4v) is 2.88. The predicted molar refractivity (Wildman–Crippen MR) is 78.5 cm³/mol. The monoisotopic (exact) mass is 300 g/mol. The first-order valence-corrected chi connectivity index (χ1v) is 7.64. The lowest BCUT2D eigenvalue weighted by molar-refractivity contribution is 0.0519. The van der Waals surface area contributed by atoms with Crippen LogP contribution in [0.3, 0.4) is 0 Å². The number of hydrogen-bond donors (Lipinski definition) is 1. The Bertz CT molecular complexity index is 559. The average molecular weight is 301 g/mol. The van der Waals surface area contributed by atoms with Gasteiger partial charge in [0.1, 0.15) is 5.15 Å². The van der Waals surface area contributed by atoms with Gasteiger partial charge in [-0.2, -0.15) is 0 Å². The van der Waals surface area contributed by atoms with Crippen molar-refractivity contribution in [3.63, 3.8) is 0 Å². The molecule has 112 valence electrons. The highest BCUT2D eigenvalue weighted by Crippen LogP contribution is 2.20. The molecule has 6 heteroatoms. The molecular weight excluding hydrogens is 280 g/mol. The van der Waals surface area contributed by atoms with Gasteiger partial charge in [-0.15, -0.1) is 0 Å². The van der Waals surface area contributed by atoms with Gasteiger partial charge in [0.25, 0.3) is 5.56 Å². The van der Waals surface area contributed by atoms with Crippen LogP contribution in [0.2, 0.25) is 5.15 Å². The van der Waals surface area contributed by atoms with E-state index >= 15 is 0 Å². The summed E-state index contributed by atoms with van der Waals surface area (Å²) in [5.41, 5.74) is -0.278. The quantitative estimate of drug-likeness (QED) is 0.818. The van der Waals surface area contributed by atoms with E-state index in [1.807, 2.05) is 6.92 Å². The molecule has 0 radical (unpaired) electrons. The molecule has 5 nitrogen and oxygen atoms in total. The number of nitrogens with zero attached hydrogens (tertiary/aromatic N) is 1. The highest BCUT2D eigenvalue weighted by molar-refractivity contribution is 6.30. The molecule has 1 aromatic rings. The SMILES string of the molecule is CCCc1c(Cl)[nH]c(=O)n(CCOC2CCCC2)c1=O. The lowest BCUT2D eigenvalue weighted by Gasteiger charge is -2.12. The number of H-pyrrole nitrogens is 1. The molecule has 1 heterocycles. The molecule has 0 amide bonds. The van der Waals surface area contributed by atoms with Gasteiger partial charge >= 0.3 is 5.69 Å². The van der Waals surface area contributed by atoms with Crippen molar-refractivity contribution in [1.82, 2.24) is 9.55 Å². The van der Waals surface area contributed by atoms with Crippen LogP contribution in [0.4, 0.5) is 0 Å². The van der Waals surface area contributed by atoms with E-state index in [0.717, 1.165) is 19.3 Å². The van der Waals surface area contributed by atoms with Crippen LogP contribution in [0.25, 0.3) is 0 Å². The van der Waals surface area contributed by atoms with Crippen LogP contribution in [0.5, 0.6) is 0 Å². The predicted octanol–water partition coefficient (Wildman–Crippen LogP) is 2.10. The molecular formula is C14H21ClN2O3. The zero-order valence-electron chi connectivity index (χ0n) is 11.8. The van der Waals surface area contributed by atoms with E-state index in [4.69, 9.17) is 16.3 Å². The van der Waals surface area contributed by atoms with Crippen molar-refractivity contribution in [2.75, 3.05) is 6.61 Å². The second kappa shape index (κ2) is 7.09. The van der Waals surface area contributed by atoms with E-state index in [-0.39, 0.29) is 23.4 Å². The fourth-order valence-electron chi connectivity index (χ4n) is 2.62. The molecule has 1 aromatic heterocycles. The van der Waals surface area contributed by atoms with Crippen molar-refractivity contribution >= 4 is 11.6 Å². The Hall–Kier alpha value is -1.07. The van der Waals surface area contributed by atoms with Gasteiger partial charge in [0, 0.05) is 0 Å². The van der Waals surface area contributed by atoms with Crippen molar-refractivity contribution in [2.24, 2.45) is 0 Å². The summed E-state index contributed by atoms with van der Waals surface area (Å²) in [6.45, 7) is 2.63. The first-order chi connectivity index (χ1) is 9.63. The Kier molecular flexibility index (Phi) is 5.43. The summed E-state index contributed by atoms with van der Waals surface area (Å²) in [5, 5.41) is 0.162. The van der Waals surface area contributed by atoms with Gasteiger partial charge in [-0.1, -0.05) is 37.8 Å². The molecule has 1 aliphatic carbocycles. The summed E-state index contributed by atoms with van der Waals surface area (Å²) in [5.74, 6) is 0. The minimum atomic E-state index is -0.463. The summed E-state index contributed by atoms with van der Waals surface area (Å²) >= 11 is 5.92. The number of rotatable bonds is 6. The van der Waals surface area contributed by atoms with E-state index in [2.05, 4.69) is 4.98 Å². The van der Waals surface area contributed by atoms with Gasteiger partial charge in [0.15, 0.2) is 0 Å². The molecule has 0 aromatic carbocycles. The normalized spacial score (nSPS) is 15.9. The Labute approximate surface area is 122 Å². The highest BCUT2D eigenvalue weighted by atomic mass is 35.5. The summed E-state index contributed by atoms with van der Waals surface area (Å²) < 4.78 is 6.89. The Morgan fingerprint density at radius 3 is 2.70 bits per heavy atom. The standard InChI is InChI=1S/C14H21ClN2O3/c1-2-5-11-12(15)16-14(19)17(13(11)18)8-9-20-10-6-3-4-7-10/h10H,2-9H2,1H3,(H,16,19). The van der Waals surface area contributed by atoms with Crippen molar-refractivity contribution < 1.29 is 4.74 Å². The summed E-state index contributed by atoms with van der Waals surface area (Å²) in [6, 6.07) is 0. The zero-order valence-corrected chi connectivity index (χ0v) is 12.5. The second-order valence-corrected chi connectivity index (χ2v) is 5.58. The maximum Gasteiger partial charge on any atom is 0.329 e. The van der Waals surface area contributed by atoms with Gasteiger partial charge in [0.2, 0.25) is 0 Å². The summed E-state index contributed by atoms with van der Waals surface area (Å²) in [6.07, 6.45) is 6.21.